The normalized spacial score (nSPS) is 11.3. The van der Waals surface area contributed by atoms with Gasteiger partial charge in [-0.3, -0.25) is 14.8 Å². The molecule has 8 nitrogen and oxygen atoms in total. The molecule has 0 aliphatic rings. The van der Waals surface area contributed by atoms with Crippen LogP contribution in [0.1, 0.15) is 5.69 Å². The number of nitrogens with zero attached hydrogens (tertiary/aromatic N) is 7. The van der Waals surface area contributed by atoms with Crippen LogP contribution in [0.3, 0.4) is 0 Å². The summed E-state index contributed by atoms with van der Waals surface area (Å²) in [5.41, 5.74) is 2.17. The van der Waals surface area contributed by atoms with E-state index >= 15 is 0 Å². The first kappa shape index (κ1) is 15.3. The van der Waals surface area contributed by atoms with Gasteiger partial charge in [0.15, 0.2) is 5.82 Å². The third kappa shape index (κ3) is 2.63. The lowest BCUT2D eigenvalue weighted by Gasteiger charge is -2.07. The Labute approximate surface area is 152 Å². The Morgan fingerprint density at radius 2 is 1.85 bits per heavy atom. The molecule has 0 aliphatic heterocycles. The second kappa shape index (κ2) is 6.10. The molecule has 0 aromatic carbocycles. The topological polar surface area (TPSA) is 90.9 Å². The standard InChI is InChI=1S/C19H13N7O/c27-18-15-11-22-19-23-17(13-4-8-20-9-5-13)24-26(19)16(15)6-10-25(18)12-14-3-1-2-7-21-14/h1-11H,12H2. The molecule has 5 rings (SSSR count). The molecule has 0 atom stereocenters. The molecule has 0 aliphatic carbocycles. The Morgan fingerprint density at radius 3 is 2.67 bits per heavy atom. The van der Waals surface area contributed by atoms with Crippen molar-refractivity contribution in [1.29, 1.82) is 0 Å². The fraction of sp³-hybridized carbons (Fsp3) is 0.0526. The van der Waals surface area contributed by atoms with E-state index in [0.29, 0.717) is 29.0 Å². The molecule has 0 spiro atoms. The van der Waals surface area contributed by atoms with Crippen molar-refractivity contribution in [3.63, 3.8) is 0 Å². The molecule has 0 bridgehead atoms. The van der Waals surface area contributed by atoms with Crippen molar-refractivity contribution in [3.05, 3.63) is 83.4 Å². The van der Waals surface area contributed by atoms with E-state index in [1.54, 1.807) is 40.1 Å². The summed E-state index contributed by atoms with van der Waals surface area (Å²) in [6, 6.07) is 11.1. The van der Waals surface area contributed by atoms with Crippen LogP contribution in [0.15, 0.2) is 72.2 Å². The van der Waals surface area contributed by atoms with Gasteiger partial charge in [-0.25, -0.2) is 4.98 Å². The van der Waals surface area contributed by atoms with Crippen LogP contribution in [0.4, 0.5) is 0 Å². The number of aromatic nitrogens is 7. The molecule has 5 aromatic heterocycles. The van der Waals surface area contributed by atoms with Crippen LogP contribution < -0.4 is 5.56 Å². The van der Waals surface area contributed by atoms with Gasteiger partial charge in [0.1, 0.15) is 0 Å². The molecule has 5 aromatic rings. The van der Waals surface area contributed by atoms with E-state index in [1.165, 1.54) is 0 Å². The summed E-state index contributed by atoms with van der Waals surface area (Å²) >= 11 is 0. The van der Waals surface area contributed by atoms with E-state index in [4.69, 9.17) is 0 Å². The SMILES string of the molecule is O=c1c2cnc3nc(-c4ccncc4)nn3c2ccn1Cc1ccccn1. The Morgan fingerprint density at radius 1 is 0.963 bits per heavy atom. The summed E-state index contributed by atoms with van der Waals surface area (Å²) in [6.45, 7) is 0.396. The predicted octanol–water partition coefficient (Wildman–Crippen LogP) is 1.94. The zero-order valence-corrected chi connectivity index (χ0v) is 14.1. The minimum absolute atomic E-state index is 0.145. The third-order valence-corrected chi connectivity index (χ3v) is 4.30. The van der Waals surface area contributed by atoms with Gasteiger partial charge >= 0.3 is 0 Å². The van der Waals surface area contributed by atoms with E-state index in [-0.39, 0.29) is 5.56 Å². The molecule has 0 radical (unpaired) electrons. The second-order valence-corrected chi connectivity index (χ2v) is 6.01. The lowest BCUT2D eigenvalue weighted by Crippen LogP contribution is -2.21. The minimum Gasteiger partial charge on any atom is -0.309 e. The van der Waals surface area contributed by atoms with Gasteiger partial charge in [-0.1, -0.05) is 6.07 Å². The van der Waals surface area contributed by atoms with Crippen LogP contribution in [-0.2, 0) is 6.54 Å². The molecule has 0 N–H and O–H groups in total. The molecule has 0 fully saturated rings. The minimum atomic E-state index is -0.145. The smallest absolute Gasteiger partial charge is 0.261 e. The highest BCUT2D eigenvalue weighted by Gasteiger charge is 2.12. The van der Waals surface area contributed by atoms with Gasteiger partial charge in [0.2, 0.25) is 0 Å². The van der Waals surface area contributed by atoms with Crippen LogP contribution in [0.25, 0.3) is 28.1 Å². The van der Waals surface area contributed by atoms with Crippen LogP contribution >= 0.6 is 0 Å². The van der Waals surface area contributed by atoms with Crippen molar-refractivity contribution >= 4 is 16.7 Å². The molecule has 5 heterocycles. The maximum absolute atomic E-state index is 12.9. The van der Waals surface area contributed by atoms with Crippen molar-refractivity contribution in [1.82, 2.24) is 34.1 Å². The highest BCUT2D eigenvalue weighted by molar-refractivity contribution is 5.79. The third-order valence-electron chi connectivity index (χ3n) is 4.30. The average molecular weight is 355 g/mol. The molecule has 0 saturated carbocycles. The molecular weight excluding hydrogens is 342 g/mol. The van der Waals surface area contributed by atoms with Gasteiger partial charge in [0.25, 0.3) is 11.3 Å². The first-order valence-corrected chi connectivity index (χ1v) is 8.35. The quantitative estimate of drug-likeness (QED) is 0.491. The first-order valence-electron chi connectivity index (χ1n) is 8.35. The first-order chi connectivity index (χ1) is 13.3. The molecular formula is C19H13N7O. The Balaban J connectivity index is 1.65. The average Bonchev–Trinajstić information content (AvgIpc) is 3.16. The molecule has 130 valence electrons. The lowest BCUT2D eigenvalue weighted by atomic mass is 10.3. The summed E-state index contributed by atoms with van der Waals surface area (Å²) in [4.78, 5) is 29.9. The van der Waals surface area contributed by atoms with Crippen molar-refractivity contribution in [2.24, 2.45) is 0 Å². The zero-order valence-electron chi connectivity index (χ0n) is 14.1. The molecule has 8 heteroatoms. The van der Waals surface area contributed by atoms with Gasteiger partial charge in [-0.15, -0.1) is 5.10 Å². The lowest BCUT2D eigenvalue weighted by molar-refractivity contribution is 0.745. The Kier molecular flexibility index (Phi) is 3.46. The molecule has 0 unspecified atom stereocenters. The Bertz CT molecular complexity index is 1310. The van der Waals surface area contributed by atoms with Crippen molar-refractivity contribution < 1.29 is 0 Å². The largest absolute Gasteiger partial charge is 0.309 e. The van der Waals surface area contributed by atoms with Crippen molar-refractivity contribution in [3.8, 4) is 11.4 Å². The van der Waals surface area contributed by atoms with E-state index in [2.05, 4.69) is 25.0 Å². The second-order valence-electron chi connectivity index (χ2n) is 6.01. The molecule has 27 heavy (non-hydrogen) atoms. The summed E-state index contributed by atoms with van der Waals surface area (Å²) in [5, 5.41) is 5.00. The van der Waals surface area contributed by atoms with Gasteiger partial charge in [-0.2, -0.15) is 9.50 Å². The van der Waals surface area contributed by atoms with Crippen LogP contribution in [0.2, 0.25) is 0 Å². The van der Waals surface area contributed by atoms with Crippen molar-refractivity contribution in [2.45, 2.75) is 6.54 Å². The maximum Gasteiger partial charge on any atom is 0.261 e. The maximum atomic E-state index is 12.9. The van der Waals surface area contributed by atoms with E-state index in [9.17, 15) is 4.79 Å². The van der Waals surface area contributed by atoms with Crippen molar-refractivity contribution in [2.75, 3.05) is 0 Å². The highest BCUT2D eigenvalue weighted by atomic mass is 16.1. The van der Waals surface area contributed by atoms with Crippen LogP contribution in [0, 0.1) is 0 Å². The zero-order chi connectivity index (χ0) is 18.2. The summed E-state index contributed by atoms with van der Waals surface area (Å²) in [6.07, 6.45) is 8.37. The summed E-state index contributed by atoms with van der Waals surface area (Å²) in [7, 11) is 0. The number of rotatable bonds is 3. The monoisotopic (exact) mass is 355 g/mol. The number of hydrogen-bond donors (Lipinski definition) is 0. The summed E-state index contributed by atoms with van der Waals surface area (Å²) < 4.78 is 3.20. The fourth-order valence-corrected chi connectivity index (χ4v) is 2.97. The van der Waals surface area contributed by atoms with Gasteiger partial charge in [0.05, 0.1) is 23.1 Å². The van der Waals surface area contributed by atoms with Gasteiger partial charge in [0, 0.05) is 36.5 Å². The van der Waals surface area contributed by atoms with Crippen LogP contribution in [-0.4, -0.2) is 34.1 Å². The fourth-order valence-electron chi connectivity index (χ4n) is 2.97. The van der Waals surface area contributed by atoms with Gasteiger partial charge in [-0.05, 0) is 30.3 Å². The van der Waals surface area contributed by atoms with E-state index in [0.717, 1.165) is 11.3 Å². The number of fused-ring (bicyclic) bond motifs is 3. The molecule has 0 amide bonds. The Hall–Kier alpha value is -3.94. The highest BCUT2D eigenvalue weighted by Crippen LogP contribution is 2.17. The van der Waals surface area contributed by atoms with Crippen LogP contribution in [0.5, 0.6) is 0 Å². The summed E-state index contributed by atoms with van der Waals surface area (Å²) in [5.74, 6) is 0.978. The number of pyridine rings is 3. The van der Waals surface area contributed by atoms with E-state index < -0.39 is 0 Å². The van der Waals surface area contributed by atoms with E-state index in [1.807, 2.05) is 36.4 Å². The predicted molar refractivity (Wildman–Crippen MR) is 99.1 cm³/mol. The number of hydrogen-bond acceptors (Lipinski definition) is 6. The molecule has 0 saturated heterocycles. The van der Waals surface area contributed by atoms with Gasteiger partial charge < -0.3 is 4.57 Å².